The Morgan fingerprint density at radius 2 is 1.65 bits per heavy atom. The van der Waals surface area contributed by atoms with E-state index in [1.165, 1.54) is 25.7 Å². The Balaban J connectivity index is 1.98. The van der Waals surface area contributed by atoms with Crippen molar-refractivity contribution < 1.29 is 14.6 Å². The van der Waals surface area contributed by atoms with Crippen molar-refractivity contribution in [1.82, 2.24) is 5.32 Å². The fourth-order valence-electron chi connectivity index (χ4n) is 2.78. The van der Waals surface area contributed by atoms with Crippen LogP contribution >= 0.6 is 0 Å². The van der Waals surface area contributed by atoms with Crippen LogP contribution in [0.3, 0.4) is 0 Å². The topological polar surface area (TPSA) is 50.7 Å². The maximum absolute atomic E-state index is 9.89. The number of hydrogen-bond acceptors (Lipinski definition) is 4. The van der Waals surface area contributed by atoms with E-state index in [0.29, 0.717) is 17.5 Å². The van der Waals surface area contributed by atoms with Crippen molar-refractivity contribution in [2.45, 2.75) is 45.2 Å². The molecule has 1 saturated carbocycles. The third-order valence-electron chi connectivity index (χ3n) is 4.15. The summed E-state index contributed by atoms with van der Waals surface area (Å²) in [4.78, 5) is 0. The summed E-state index contributed by atoms with van der Waals surface area (Å²) < 4.78 is 10.4. The van der Waals surface area contributed by atoms with Gasteiger partial charge in [0.25, 0.3) is 0 Å². The molecule has 0 amide bonds. The summed E-state index contributed by atoms with van der Waals surface area (Å²) in [6.45, 7) is 3.10. The fraction of sp³-hybridized carbons (Fsp3) is 0.625. The number of hydrogen-bond donors (Lipinski definition) is 2. The Morgan fingerprint density at radius 1 is 1.10 bits per heavy atom. The van der Waals surface area contributed by atoms with Crippen LogP contribution in [-0.2, 0) is 6.54 Å². The monoisotopic (exact) mass is 279 g/mol. The van der Waals surface area contributed by atoms with E-state index in [2.05, 4.69) is 12.2 Å². The van der Waals surface area contributed by atoms with Crippen LogP contribution in [0.25, 0.3) is 0 Å². The predicted octanol–water partition coefficient (Wildman–Crippen LogP) is 3.08. The lowest BCUT2D eigenvalue weighted by Crippen LogP contribution is -2.32. The van der Waals surface area contributed by atoms with Gasteiger partial charge in [-0.05, 0) is 49.3 Å². The molecule has 20 heavy (non-hydrogen) atoms. The molecule has 0 bridgehead atoms. The lowest BCUT2D eigenvalue weighted by molar-refractivity contribution is 0.305. The van der Waals surface area contributed by atoms with Crippen molar-refractivity contribution >= 4 is 0 Å². The van der Waals surface area contributed by atoms with Crippen LogP contribution in [-0.4, -0.2) is 25.4 Å². The van der Waals surface area contributed by atoms with Crippen molar-refractivity contribution in [3.05, 3.63) is 17.7 Å². The molecule has 0 aliphatic heterocycles. The zero-order chi connectivity index (χ0) is 14.5. The molecular weight excluding hydrogens is 254 g/mol. The highest BCUT2D eigenvalue weighted by molar-refractivity contribution is 5.52. The van der Waals surface area contributed by atoms with Crippen molar-refractivity contribution in [1.29, 1.82) is 0 Å². The normalized spacial score (nSPS) is 22.6. The molecular formula is C16H25NO3. The van der Waals surface area contributed by atoms with Gasteiger partial charge in [0, 0.05) is 12.6 Å². The van der Waals surface area contributed by atoms with E-state index < -0.39 is 0 Å². The van der Waals surface area contributed by atoms with Crippen LogP contribution in [0, 0.1) is 5.92 Å². The summed E-state index contributed by atoms with van der Waals surface area (Å²) in [5, 5.41) is 13.5. The number of aromatic hydroxyl groups is 1. The molecule has 0 aromatic heterocycles. The molecule has 0 heterocycles. The first-order valence-corrected chi connectivity index (χ1v) is 7.31. The number of phenolic OH excluding ortho intramolecular Hbond substituents is 1. The Kier molecular flexibility index (Phi) is 5.12. The van der Waals surface area contributed by atoms with E-state index in [4.69, 9.17) is 9.47 Å². The maximum atomic E-state index is 9.89. The van der Waals surface area contributed by atoms with Gasteiger partial charge in [0.15, 0.2) is 11.5 Å². The average molecular weight is 279 g/mol. The first-order chi connectivity index (χ1) is 9.63. The second-order valence-corrected chi connectivity index (χ2v) is 5.69. The highest BCUT2D eigenvalue weighted by Crippen LogP contribution is 2.37. The van der Waals surface area contributed by atoms with Crippen LogP contribution in [0.5, 0.6) is 17.2 Å². The highest BCUT2D eigenvalue weighted by Gasteiger charge is 2.18. The zero-order valence-electron chi connectivity index (χ0n) is 12.6. The Labute approximate surface area is 121 Å². The smallest absolute Gasteiger partial charge is 0.200 e. The summed E-state index contributed by atoms with van der Waals surface area (Å²) in [7, 11) is 3.10. The molecule has 0 unspecified atom stereocenters. The van der Waals surface area contributed by atoms with Crippen molar-refractivity contribution in [3.8, 4) is 17.2 Å². The van der Waals surface area contributed by atoms with E-state index in [0.717, 1.165) is 18.0 Å². The third kappa shape index (κ3) is 3.57. The number of nitrogens with one attached hydrogen (secondary N) is 1. The minimum atomic E-state index is 0.0604. The van der Waals surface area contributed by atoms with Gasteiger partial charge in [-0.1, -0.05) is 6.92 Å². The van der Waals surface area contributed by atoms with E-state index in [1.54, 1.807) is 14.2 Å². The molecule has 0 saturated heterocycles. The second kappa shape index (κ2) is 6.84. The van der Waals surface area contributed by atoms with Gasteiger partial charge in [-0.15, -0.1) is 0 Å². The average Bonchev–Trinajstić information content (AvgIpc) is 2.47. The number of rotatable bonds is 5. The molecule has 0 spiro atoms. The van der Waals surface area contributed by atoms with Gasteiger partial charge in [-0.25, -0.2) is 0 Å². The highest BCUT2D eigenvalue weighted by atomic mass is 16.5. The lowest BCUT2D eigenvalue weighted by Gasteiger charge is -2.27. The molecule has 1 aliphatic carbocycles. The zero-order valence-corrected chi connectivity index (χ0v) is 12.6. The van der Waals surface area contributed by atoms with Gasteiger partial charge < -0.3 is 19.9 Å². The SMILES string of the molecule is COc1cc(CNC2CCC(C)CC2)cc(OC)c1O. The molecule has 0 radical (unpaired) electrons. The van der Waals surface area contributed by atoms with E-state index in [9.17, 15) is 5.11 Å². The van der Waals surface area contributed by atoms with Gasteiger partial charge >= 0.3 is 0 Å². The quantitative estimate of drug-likeness (QED) is 0.869. The van der Waals surface area contributed by atoms with Crippen LogP contribution < -0.4 is 14.8 Å². The van der Waals surface area contributed by atoms with Gasteiger partial charge in [0.05, 0.1) is 14.2 Å². The standard InChI is InChI=1S/C16H25NO3/c1-11-4-6-13(7-5-11)17-10-12-8-14(19-2)16(18)15(9-12)20-3/h8-9,11,13,17-18H,4-7,10H2,1-3H3. The van der Waals surface area contributed by atoms with Crippen LogP contribution in [0.2, 0.25) is 0 Å². The number of methoxy groups -OCH3 is 2. The minimum absolute atomic E-state index is 0.0604. The molecule has 2 N–H and O–H groups in total. The fourth-order valence-corrected chi connectivity index (χ4v) is 2.78. The largest absolute Gasteiger partial charge is 0.502 e. The summed E-state index contributed by atoms with van der Waals surface area (Å²) in [6.07, 6.45) is 5.10. The van der Waals surface area contributed by atoms with Crippen LogP contribution in [0.1, 0.15) is 38.2 Å². The molecule has 2 rings (SSSR count). The van der Waals surface area contributed by atoms with Crippen molar-refractivity contribution in [2.24, 2.45) is 5.92 Å². The Hall–Kier alpha value is -1.42. The molecule has 1 fully saturated rings. The molecule has 4 heteroatoms. The van der Waals surface area contributed by atoms with Gasteiger partial charge in [-0.2, -0.15) is 0 Å². The minimum Gasteiger partial charge on any atom is -0.502 e. The Bertz CT molecular complexity index is 414. The summed E-state index contributed by atoms with van der Waals surface area (Å²) in [5.41, 5.74) is 1.06. The molecule has 4 nitrogen and oxygen atoms in total. The second-order valence-electron chi connectivity index (χ2n) is 5.69. The molecule has 1 aliphatic rings. The maximum Gasteiger partial charge on any atom is 0.200 e. The van der Waals surface area contributed by atoms with Crippen molar-refractivity contribution in [3.63, 3.8) is 0 Å². The van der Waals surface area contributed by atoms with Gasteiger partial charge in [-0.3, -0.25) is 0 Å². The number of benzene rings is 1. The Morgan fingerprint density at radius 3 is 2.15 bits per heavy atom. The molecule has 1 aromatic carbocycles. The summed E-state index contributed by atoms with van der Waals surface area (Å²) >= 11 is 0. The van der Waals surface area contributed by atoms with Gasteiger partial charge in [0.2, 0.25) is 5.75 Å². The van der Waals surface area contributed by atoms with E-state index in [1.807, 2.05) is 12.1 Å². The van der Waals surface area contributed by atoms with Crippen LogP contribution in [0.4, 0.5) is 0 Å². The van der Waals surface area contributed by atoms with Crippen molar-refractivity contribution in [2.75, 3.05) is 14.2 Å². The lowest BCUT2D eigenvalue weighted by atomic mass is 9.87. The molecule has 0 atom stereocenters. The summed E-state index contributed by atoms with van der Waals surface area (Å²) in [5.74, 6) is 1.84. The third-order valence-corrected chi connectivity index (χ3v) is 4.15. The number of phenols is 1. The molecule has 1 aromatic rings. The predicted molar refractivity (Wildman–Crippen MR) is 79.5 cm³/mol. The summed E-state index contributed by atoms with van der Waals surface area (Å²) in [6, 6.07) is 4.31. The number of ether oxygens (including phenoxy) is 2. The molecule has 112 valence electrons. The van der Waals surface area contributed by atoms with E-state index >= 15 is 0 Å². The first-order valence-electron chi connectivity index (χ1n) is 7.31. The van der Waals surface area contributed by atoms with Crippen LogP contribution in [0.15, 0.2) is 12.1 Å². The first kappa shape index (κ1) is 15.0. The van der Waals surface area contributed by atoms with Gasteiger partial charge in [0.1, 0.15) is 0 Å². The van der Waals surface area contributed by atoms with E-state index in [-0.39, 0.29) is 5.75 Å².